The number of anilines is 3. The number of aromatic amines is 1. The van der Waals surface area contributed by atoms with Crippen molar-refractivity contribution in [1.29, 1.82) is 0 Å². The Bertz CT molecular complexity index is 1560. The highest BCUT2D eigenvalue weighted by Crippen LogP contribution is 2.40. The first-order valence-electron chi connectivity index (χ1n) is 12.2. The number of aromatic nitrogens is 5. The maximum atomic E-state index is 13.1. The lowest BCUT2D eigenvalue weighted by Crippen LogP contribution is -2.26. The van der Waals surface area contributed by atoms with E-state index < -0.39 is 0 Å². The van der Waals surface area contributed by atoms with E-state index in [-0.39, 0.29) is 12.3 Å². The van der Waals surface area contributed by atoms with Crippen LogP contribution < -0.4 is 10.2 Å². The molecule has 0 saturated heterocycles. The van der Waals surface area contributed by atoms with Crippen molar-refractivity contribution in [2.75, 3.05) is 16.8 Å². The van der Waals surface area contributed by atoms with Crippen LogP contribution in [-0.2, 0) is 17.6 Å². The van der Waals surface area contributed by atoms with Crippen molar-refractivity contribution in [2.24, 2.45) is 0 Å². The number of tetrazole rings is 1. The van der Waals surface area contributed by atoms with Crippen LogP contribution in [0.15, 0.2) is 77.3 Å². The molecule has 184 valence electrons. The monoisotopic (exact) mass is 491 g/mol. The van der Waals surface area contributed by atoms with Crippen LogP contribution in [0.2, 0.25) is 0 Å². The molecule has 0 radical (unpaired) electrons. The molecular formula is C28H25N7O2. The molecule has 0 fully saturated rings. The first-order chi connectivity index (χ1) is 18.2. The minimum atomic E-state index is -0.175. The number of hydrogen-bond acceptors (Lipinski definition) is 7. The molecule has 0 aliphatic carbocycles. The van der Waals surface area contributed by atoms with Gasteiger partial charge in [-0.05, 0) is 59.9 Å². The van der Waals surface area contributed by atoms with Gasteiger partial charge in [-0.1, -0.05) is 53.7 Å². The topological polar surface area (TPSA) is 113 Å². The number of benzene rings is 3. The molecule has 0 atom stereocenters. The minimum absolute atomic E-state index is 0.0978. The normalized spacial score (nSPS) is 12.8. The van der Waals surface area contributed by atoms with Crippen LogP contribution in [0.4, 0.5) is 17.1 Å². The van der Waals surface area contributed by atoms with Gasteiger partial charge in [0.05, 0.1) is 23.5 Å². The van der Waals surface area contributed by atoms with Crippen molar-refractivity contribution in [3.63, 3.8) is 0 Å². The quantitative estimate of drug-likeness (QED) is 0.340. The van der Waals surface area contributed by atoms with Gasteiger partial charge in [0.15, 0.2) is 0 Å². The number of para-hydroxylation sites is 1. The summed E-state index contributed by atoms with van der Waals surface area (Å²) in [6, 6.07) is 24.2. The van der Waals surface area contributed by atoms with Gasteiger partial charge in [-0.25, -0.2) is 0 Å². The molecule has 0 bridgehead atoms. The van der Waals surface area contributed by atoms with Gasteiger partial charge in [0, 0.05) is 23.9 Å². The maximum absolute atomic E-state index is 13.1. The summed E-state index contributed by atoms with van der Waals surface area (Å²) in [5.74, 6) is 0.862. The number of H-pyrrole nitrogens is 1. The molecule has 0 spiro atoms. The van der Waals surface area contributed by atoms with Crippen molar-refractivity contribution in [2.45, 2.75) is 26.2 Å². The number of aryl methyl sites for hydroxylation is 2. The van der Waals surface area contributed by atoms with E-state index in [2.05, 4.69) is 72.4 Å². The Hall–Kier alpha value is -4.79. The van der Waals surface area contributed by atoms with Gasteiger partial charge in [0.2, 0.25) is 11.7 Å². The zero-order valence-corrected chi connectivity index (χ0v) is 20.3. The Balaban J connectivity index is 1.42. The molecule has 6 rings (SSSR count). The van der Waals surface area contributed by atoms with Gasteiger partial charge in [0.25, 0.3) is 0 Å². The number of hydrogen-bond donors (Lipinski definition) is 2. The molecule has 0 saturated carbocycles. The van der Waals surface area contributed by atoms with Gasteiger partial charge >= 0.3 is 0 Å². The van der Waals surface area contributed by atoms with Crippen LogP contribution >= 0.6 is 0 Å². The minimum Gasteiger partial charge on any atom is -0.361 e. The molecule has 1 aliphatic heterocycles. The van der Waals surface area contributed by atoms with Crippen LogP contribution in [0.1, 0.15) is 23.4 Å². The zero-order chi connectivity index (χ0) is 25.2. The molecule has 0 unspecified atom stereocenters. The molecule has 3 heterocycles. The SMILES string of the molecule is Cc1cc(CC(=O)Nc2cc(-c3ccccc3-c3nn[nH]n3)ccc2N2CCCc3ccccc32)on1. The van der Waals surface area contributed by atoms with E-state index in [1.54, 1.807) is 6.07 Å². The second-order valence-electron chi connectivity index (χ2n) is 9.06. The van der Waals surface area contributed by atoms with E-state index >= 15 is 0 Å². The number of carbonyl (C=O) groups is 1. The van der Waals surface area contributed by atoms with E-state index in [4.69, 9.17) is 4.52 Å². The van der Waals surface area contributed by atoms with E-state index in [0.717, 1.165) is 58.8 Å². The summed E-state index contributed by atoms with van der Waals surface area (Å²) in [4.78, 5) is 15.4. The Morgan fingerprint density at radius 2 is 1.86 bits per heavy atom. The molecular weight excluding hydrogens is 466 g/mol. The summed E-state index contributed by atoms with van der Waals surface area (Å²) >= 11 is 0. The number of rotatable bonds is 6. The fourth-order valence-electron chi connectivity index (χ4n) is 4.88. The maximum Gasteiger partial charge on any atom is 0.232 e. The van der Waals surface area contributed by atoms with Crippen molar-refractivity contribution >= 4 is 23.0 Å². The Labute approximate surface area is 213 Å². The number of carbonyl (C=O) groups excluding carboxylic acids is 1. The van der Waals surface area contributed by atoms with Crippen LogP contribution in [-0.4, -0.2) is 38.2 Å². The highest BCUT2D eigenvalue weighted by Gasteiger charge is 2.22. The zero-order valence-electron chi connectivity index (χ0n) is 20.3. The highest BCUT2D eigenvalue weighted by molar-refractivity contribution is 5.98. The second kappa shape index (κ2) is 9.69. The van der Waals surface area contributed by atoms with E-state index in [1.807, 2.05) is 37.3 Å². The average molecular weight is 492 g/mol. The van der Waals surface area contributed by atoms with Crippen LogP contribution in [0, 0.1) is 6.92 Å². The molecule has 3 aromatic carbocycles. The summed E-state index contributed by atoms with van der Waals surface area (Å²) in [5, 5.41) is 21.6. The Morgan fingerprint density at radius 1 is 1.03 bits per heavy atom. The molecule has 2 aromatic heterocycles. The standard InChI is InChI=1S/C28H25N7O2/c1-18-15-21(37-32-18)17-27(36)29-24-16-20(22-9-3-4-10-23(22)28-30-33-34-31-28)12-13-26(24)35-14-6-8-19-7-2-5-11-25(19)35/h2-5,7,9-13,15-16H,6,8,14,17H2,1H3,(H,29,36)(H,30,31,33,34). The molecule has 9 heteroatoms. The largest absolute Gasteiger partial charge is 0.361 e. The molecule has 5 aromatic rings. The number of nitrogens with zero attached hydrogens (tertiary/aromatic N) is 5. The molecule has 1 aliphatic rings. The van der Waals surface area contributed by atoms with E-state index in [9.17, 15) is 4.79 Å². The van der Waals surface area contributed by atoms with Gasteiger partial charge in [0.1, 0.15) is 5.76 Å². The lowest BCUT2D eigenvalue weighted by atomic mass is 9.96. The predicted octanol–water partition coefficient (Wildman–Crippen LogP) is 5.10. The van der Waals surface area contributed by atoms with Crippen LogP contribution in [0.3, 0.4) is 0 Å². The van der Waals surface area contributed by atoms with Gasteiger partial charge in [-0.15, -0.1) is 10.2 Å². The number of amides is 1. The van der Waals surface area contributed by atoms with Gasteiger partial charge < -0.3 is 14.7 Å². The van der Waals surface area contributed by atoms with Gasteiger partial charge in [-0.2, -0.15) is 5.21 Å². The Morgan fingerprint density at radius 3 is 2.68 bits per heavy atom. The predicted molar refractivity (Wildman–Crippen MR) is 140 cm³/mol. The summed E-state index contributed by atoms with van der Waals surface area (Å²) < 4.78 is 5.27. The van der Waals surface area contributed by atoms with Crippen molar-refractivity contribution in [3.8, 4) is 22.5 Å². The summed E-state index contributed by atoms with van der Waals surface area (Å²) in [5.41, 5.74) is 7.59. The molecule has 2 N–H and O–H groups in total. The third kappa shape index (κ3) is 4.58. The third-order valence-corrected chi connectivity index (χ3v) is 6.51. The smallest absolute Gasteiger partial charge is 0.232 e. The third-order valence-electron chi connectivity index (χ3n) is 6.51. The lowest BCUT2D eigenvalue weighted by Gasteiger charge is -2.33. The highest BCUT2D eigenvalue weighted by atomic mass is 16.5. The molecule has 37 heavy (non-hydrogen) atoms. The fourth-order valence-corrected chi connectivity index (χ4v) is 4.88. The fraction of sp³-hybridized carbons (Fsp3) is 0.179. The second-order valence-corrected chi connectivity index (χ2v) is 9.06. The van der Waals surface area contributed by atoms with Crippen LogP contribution in [0.5, 0.6) is 0 Å². The van der Waals surface area contributed by atoms with Crippen LogP contribution in [0.25, 0.3) is 22.5 Å². The summed E-state index contributed by atoms with van der Waals surface area (Å²) in [6.07, 6.45) is 2.17. The summed E-state index contributed by atoms with van der Waals surface area (Å²) in [7, 11) is 0. The molecule has 1 amide bonds. The van der Waals surface area contributed by atoms with Crippen molar-refractivity contribution in [1.82, 2.24) is 25.8 Å². The van der Waals surface area contributed by atoms with E-state index in [1.165, 1.54) is 5.56 Å². The van der Waals surface area contributed by atoms with Gasteiger partial charge in [-0.3, -0.25) is 4.79 Å². The number of nitrogens with one attached hydrogen (secondary N) is 2. The molecule has 9 nitrogen and oxygen atoms in total. The first-order valence-corrected chi connectivity index (χ1v) is 12.2. The number of fused-ring (bicyclic) bond motifs is 1. The summed E-state index contributed by atoms with van der Waals surface area (Å²) in [6.45, 7) is 2.70. The van der Waals surface area contributed by atoms with E-state index in [0.29, 0.717) is 11.6 Å². The average Bonchev–Trinajstić information content (AvgIpc) is 3.60. The lowest BCUT2D eigenvalue weighted by molar-refractivity contribution is -0.115. The Kier molecular flexibility index (Phi) is 5.94. The first kappa shape index (κ1) is 22.7. The van der Waals surface area contributed by atoms with Crippen molar-refractivity contribution < 1.29 is 9.32 Å². The van der Waals surface area contributed by atoms with Crippen molar-refractivity contribution in [3.05, 3.63) is 89.8 Å².